The van der Waals surface area contributed by atoms with Gasteiger partial charge >= 0.3 is 0 Å². The molecule has 1 aromatic heterocycles. The van der Waals surface area contributed by atoms with E-state index in [1.54, 1.807) is 6.20 Å². The molecule has 1 aliphatic heterocycles. The fourth-order valence-electron chi connectivity index (χ4n) is 2.40. The highest BCUT2D eigenvalue weighted by molar-refractivity contribution is 7.13. The topological polar surface area (TPSA) is 53.4 Å². The fraction of sp³-hybridized carbons (Fsp3) is 0.714. The number of aliphatic hydroxyl groups is 1. The number of carbonyl (C=O) groups excluding carboxylic acids is 1. The molecule has 2 unspecified atom stereocenters. The smallest absolute Gasteiger partial charge is 0.265 e. The Morgan fingerprint density at radius 2 is 2.26 bits per heavy atom. The summed E-state index contributed by atoms with van der Waals surface area (Å²) in [7, 11) is 0. The number of likely N-dealkylation sites (tertiary alicyclic amines) is 1. The van der Waals surface area contributed by atoms with Crippen LogP contribution in [-0.2, 0) is 0 Å². The maximum absolute atomic E-state index is 12.4. The van der Waals surface area contributed by atoms with E-state index in [1.807, 2.05) is 11.8 Å². The van der Waals surface area contributed by atoms with Crippen LogP contribution < -0.4 is 0 Å². The van der Waals surface area contributed by atoms with Gasteiger partial charge in [0.05, 0.1) is 17.3 Å². The van der Waals surface area contributed by atoms with Crippen molar-refractivity contribution < 1.29 is 9.90 Å². The Kier molecular flexibility index (Phi) is 4.58. The molecular weight excluding hydrogens is 260 g/mol. The van der Waals surface area contributed by atoms with Crippen molar-refractivity contribution in [3.8, 4) is 0 Å². The van der Waals surface area contributed by atoms with E-state index in [4.69, 9.17) is 0 Å². The fourth-order valence-corrected chi connectivity index (χ4v) is 3.29. The highest BCUT2D eigenvalue weighted by Crippen LogP contribution is 2.25. The largest absolute Gasteiger partial charge is 0.393 e. The maximum Gasteiger partial charge on any atom is 0.265 e. The van der Waals surface area contributed by atoms with E-state index in [0.717, 1.165) is 29.3 Å². The van der Waals surface area contributed by atoms with Gasteiger partial charge in [0, 0.05) is 24.9 Å². The van der Waals surface area contributed by atoms with Gasteiger partial charge < -0.3 is 10.0 Å². The van der Waals surface area contributed by atoms with Crippen molar-refractivity contribution in [1.82, 2.24) is 9.88 Å². The van der Waals surface area contributed by atoms with E-state index in [0.29, 0.717) is 12.5 Å². The zero-order valence-electron chi connectivity index (χ0n) is 11.8. The predicted molar refractivity (Wildman–Crippen MR) is 76.5 cm³/mol. The second kappa shape index (κ2) is 6.01. The van der Waals surface area contributed by atoms with Gasteiger partial charge in [0.25, 0.3) is 5.91 Å². The number of thiazole rings is 1. The lowest BCUT2D eigenvalue weighted by Crippen LogP contribution is -2.42. The monoisotopic (exact) mass is 282 g/mol. The van der Waals surface area contributed by atoms with E-state index < -0.39 is 0 Å². The molecular formula is C14H22N2O2S. The zero-order valence-corrected chi connectivity index (χ0v) is 12.6. The Hall–Kier alpha value is -0.940. The number of aromatic nitrogens is 1. The third-order valence-electron chi connectivity index (χ3n) is 3.66. The molecule has 2 atom stereocenters. The highest BCUT2D eigenvalue weighted by Gasteiger charge is 2.28. The van der Waals surface area contributed by atoms with Gasteiger partial charge in [-0.2, -0.15) is 0 Å². The van der Waals surface area contributed by atoms with Crippen LogP contribution in [0.25, 0.3) is 0 Å². The molecule has 0 radical (unpaired) electrons. The summed E-state index contributed by atoms with van der Waals surface area (Å²) in [6, 6.07) is 0. The predicted octanol–water partition coefficient (Wildman–Crippen LogP) is 2.50. The molecule has 19 heavy (non-hydrogen) atoms. The molecule has 4 nitrogen and oxygen atoms in total. The van der Waals surface area contributed by atoms with Gasteiger partial charge in [-0.15, -0.1) is 11.3 Å². The minimum Gasteiger partial charge on any atom is -0.393 e. The molecule has 1 aliphatic rings. The number of hydrogen-bond acceptors (Lipinski definition) is 4. The molecule has 1 saturated heterocycles. The van der Waals surface area contributed by atoms with Crippen LogP contribution >= 0.6 is 11.3 Å². The summed E-state index contributed by atoms with van der Waals surface area (Å²) < 4.78 is 0. The van der Waals surface area contributed by atoms with Crippen molar-refractivity contribution in [1.29, 1.82) is 0 Å². The van der Waals surface area contributed by atoms with E-state index in [9.17, 15) is 9.90 Å². The van der Waals surface area contributed by atoms with Crippen molar-refractivity contribution in [3.05, 3.63) is 16.1 Å². The molecule has 2 rings (SSSR count). The average molecular weight is 282 g/mol. The van der Waals surface area contributed by atoms with Gasteiger partial charge in [-0.05, 0) is 19.8 Å². The lowest BCUT2D eigenvalue weighted by Gasteiger charge is -2.33. The second-order valence-corrected chi connectivity index (χ2v) is 6.67. The average Bonchev–Trinajstić information content (AvgIpc) is 2.87. The Balaban J connectivity index is 2.06. The van der Waals surface area contributed by atoms with Crippen LogP contribution in [0.5, 0.6) is 0 Å². The summed E-state index contributed by atoms with van der Waals surface area (Å²) >= 11 is 1.49. The summed E-state index contributed by atoms with van der Waals surface area (Å²) in [5.74, 6) is 0.628. The van der Waals surface area contributed by atoms with Crippen molar-refractivity contribution >= 4 is 17.2 Å². The third kappa shape index (κ3) is 3.34. The van der Waals surface area contributed by atoms with Crippen molar-refractivity contribution in [2.45, 2.75) is 45.6 Å². The molecule has 0 saturated carbocycles. The first kappa shape index (κ1) is 14.5. The summed E-state index contributed by atoms with van der Waals surface area (Å²) in [6.07, 6.45) is 3.32. The van der Waals surface area contributed by atoms with Crippen LogP contribution in [0.2, 0.25) is 0 Å². The number of carbonyl (C=O) groups is 1. The summed E-state index contributed by atoms with van der Waals surface area (Å²) in [4.78, 5) is 19.3. The van der Waals surface area contributed by atoms with Crippen LogP contribution in [0.1, 0.15) is 54.2 Å². The van der Waals surface area contributed by atoms with E-state index in [1.165, 1.54) is 11.3 Å². The second-order valence-electron chi connectivity index (χ2n) is 5.61. The Morgan fingerprint density at radius 1 is 1.53 bits per heavy atom. The normalized spacial score (nSPS) is 21.7. The van der Waals surface area contributed by atoms with Crippen molar-refractivity contribution in [2.24, 2.45) is 5.92 Å². The molecule has 0 bridgehead atoms. The van der Waals surface area contributed by atoms with Crippen LogP contribution in [0.15, 0.2) is 6.20 Å². The van der Waals surface area contributed by atoms with Gasteiger partial charge in [0.15, 0.2) is 0 Å². The van der Waals surface area contributed by atoms with Crippen LogP contribution in [0.3, 0.4) is 0 Å². The molecule has 5 heteroatoms. The van der Waals surface area contributed by atoms with Crippen LogP contribution in [-0.4, -0.2) is 40.1 Å². The number of aliphatic hydroxyl groups excluding tert-OH is 1. The molecule has 2 heterocycles. The first-order valence-electron chi connectivity index (χ1n) is 6.92. The minimum atomic E-state index is -0.344. The number of nitrogens with zero attached hydrogens (tertiary/aromatic N) is 2. The Bertz CT molecular complexity index is 442. The standard InChI is InChI=1S/C14H22N2O2S/c1-9(2)13-15-7-12(19-13)14(18)16-6-4-5-11(8-16)10(3)17/h7,9-11,17H,4-6,8H2,1-3H3. The Morgan fingerprint density at radius 3 is 2.84 bits per heavy atom. The lowest BCUT2D eigenvalue weighted by molar-refractivity contribution is 0.0469. The van der Waals surface area contributed by atoms with Gasteiger partial charge in [0.1, 0.15) is 4.88 Å². The summed E-state index contributed by atoms with van der Waals surface area (Å²) in [5, 5.41) is 10.7. The number of rotatable bonds is 3. The number of amides is 1. The van der Waals surface area contributed by atoms with Crippen molar-refractivity contribution in [3.63, 3.8) is 0 Å². The molecule has 0 aromatic carbocycles. The lowest BCUT2D eigenvalue weighted by atomic mass is 9.93. The highest BCUT2D eigenvalue weighted by atomic mass is 32.1. The number of piperidine rings is 1. The molecule has 1 aromatic rings. The number of hydrogen-bond donors (Lipinski definition) is 1. The maximum atomic E-state index is 12.4. The van der Waals surface area contributed by atoms with Crippen LogP contribution in [0, 0.1) is 5.92 Å². The quantitative estimate of drug-likeness (QED) is 0.926. The molecule has 106 valence electrons. The molecule has 1 amide bonds. The van der Waals surface area contributed by atoms with Gasteiger partial charge in [-0.25, -0.2) is 4.98 Å². The SMILES string of the molecule is CC(C)c1ncc(C(=O)N2CCCC(C(C)O)C2)s1. The van der Waals surface area contributed by atoms with Gasteiger partial charge in [-0.3, -0.25) is 4.79 Å². The molecule has 1 N–H and O–H groups in total. The third-order valence-corrected chi connectivity index (χ3v) is 4.94. The first-order chi connectivity index (χ1) is 8.99. The summed E-state index contributed by atoms with van der Waals surface area (Å²) in [6.45, 7) is 7.42. The molecule has 0 aliphatic carbocycles. The Labute approximate surface area is 118 Å². The summed E-state index contributed by atoms with van der Waals surface area (Å²) in [5.41, 5.74) is 0. The molecule has 1 fully saturated rings. The van der Waals surface area contributed by atoms with E-state index >= 15 is 0 Å². The van der Waals surface area contributed by atoms with Gasteiger partial charge in [0.2, 0.25) is 0 Å². The molecule has 0 spiro atoms. The van der Waals surface area contributed by atoms with E-state index in [2.05, 4.69) is 18.8 Å². The van der Waals surface area contributed by atoms with Gasteiger partial charge in [-0.1, -0.05) is 13.8 Å². The first-order valence-corrected chi connectivity index (χ1v) is 7.73. The van der Waals surface area contributed by atoms with Crippen LogP contribution in [0.4, 0.5) is 0 Å². The van der Waals surface area contributed by atoms with E-state index in [-0.39, 0.29) is 17.9 Å². The minimum absolute atomic E-state index is 0.0646. The zero-order chi connectivity index (χ0) is 14.0. The van der Waals surface area contributed by atoms with Crippen molar-refractivity contribution in [2.75, 3.05) is 13.1 Å².